The molecule has 0 fully saturated rings. The van der Waals surface area contributed by atoms with Gasteiger partial charge in [-0.05, 0) is 31.6 Å². The number of nitrogens with zero attached hydrogens (tertiary/aromatic N) is 1. The molecule has 0 aliphatic heterocycles. The zero-order chi connectivity index (χ0) is 16.6. The van der Waals surface area contributed by atoms with Gasteiger partial charge < -0.3 is 9.84 Å². The van der Waals surface area contributed by atoms with Gasteiger partial charge in [-0.1, -0.05) is 52.1 Å². The number of unbranched alkanes of at least 4 members (excludes halogenated alkanes) is 2. The van der Waals surface area contributed by atoms with Crippen LogP contribution in [0.25, 0.3) is 0 Å². The molecule has 1 aromatic heterocycles. The van der Waals surface area contributed by atoms with Crippen molar-refractivity contribution in [1.29, 1.82) is 0 Å². The normalized spacial score (nSPS) is 11.7. The third-order valence-corrected chi connectivity index (χ3v) is 4.99. The van der Waals surface area contributed by atoms with Crippen LogP contribution in [-0.2, 0) is 6.42 Å². The second-order valence-corrected chi connectivity index (χ2v) is 6.28. The molecule has 1 N–H and O–H groups in total. The molecular weight excluding hydrogens is 276 g/mol. The molecular formula is C18H32N2O2. The molecule has 0 bridgehead atoms. The van der Waals surface area contributed by atoms with Crippen molar-refractivity contribution in [3.05, 3.63) is 17.0 Å². The quantitative estimate of drug-likeness (QED) is 0.639. The Kier molecular flexibility index (Phi) is 7.63. The van der Waals surface area contributed by atoms with Crippen LogP contribution < -0.4 is 5.32 Å². The number of nitrogens with one attached hydrogen (secondary N) is 1. The van der Waals surface area contributed by atoms with Gasteiger partial charge in [-0.3, -0.25) is 4.79 Å². The second kappa shape index (κ2) is 8.96. The van der Waals surface area contributed by atoms with Crippen LogP contribution in [0.2, 0.25) is 0 Å². The molecule has 0 unspecified atom stereocenters. The average Bonchev–Trinajstić information content (AvgIpc) is 2.91. The van der Waals surface area contributed by atoms with Crippen molar-refractivity contribution in [2.24, 2.45) is 5.41 Å². The summed E-state index contributed by atoms with van der Waals surface area (Å²) in [5.41, 5.74) is 1.51. The summed E-state index contributed by atoms with van der Waals surface area (Å²) in [6, 6.07) is 0. The topological polar surface area (TPSA) is 55.1 Å². The summed E-state index contributed by atoms with van der Waals surface area (Å²) < 4.78 is 5.22. The maximum absolute atomic E-state index is 12.4. The zero-order valence-corrected chi connectivity index (χ0v) is 14.9. The van der Waals surface area contributed by atoms with Gasteiger partial charge in [0.15, 0.2) is 5.69 Å². The molecule has 1 heterocycles. The number of carbonyl (C=O) groups excluding carboxylic acids is 1. The average molecular weight is 308 g/mol. The van der Waals surface area contributed by atoms with E-state index in [1.165, 1.54) is 25.7 Å². The molecule has 126 valence electrons. The van der Waals surface area contributed by atoms with Crippen LogP contribution in [0.3, 0.4) is 0 Å². The molecule has 0 saturated carbocycles. The van der Waals surface area contributed by atoms with Crippen LogP contribution in [0.4, 0.5) is 0 Å². The predicted octanol–water partition coefficient (Wildman–Crippen LogP) is 4.66. The van der Waals surface area contributed by atoms with Gasteiger partial charge in [0.25, 0.3) is 5.91 Å². The first-order valence-electron chi connectivity index (χ1n) is 8.76. The molecule has 0 aromatic carbocycles. The van der Waals surface area contributed by atoms with Crippen molar-refractivity contribution in [1.82, 2.24) is 10.5 Å². The monoisotopic (exact) mass is 308 g/mol. The number of hydrogen-bond acceptors (Lipinski definition) is 3. The van der Waals surface area contributed by atoms with Crippen LogP contribution in [-0.4, -0.2) is 17.6 Å². The lowest BCUT2D eigenvalue weighted by atomic mass is 9.77. The van der Waals surface area contributed by atoms with Gasteiger partial charge in [0, 0.05) is 18.5 Å². The highest BCUT2D eigenvalue weighted by Gasteiger charge is 2.27. The van der Waals surface area contributed by atoms with Crippen LogP contribution in [0.1, 0.15) is 88.0 Å². The molecule has 0 aliphatic carbocycles. The van der Waals surface area contributed by atoms with Gasteiger partial charge >= 0.3 is 0 Å². The minimum Gasteiger partial charge on any atom is -0.360 e. The van der Waals surface area contributed by atoms with E-state index in [1.807, 2.05) is 13.8 Å². The van der Waals surface area contributed by atoms with Crippen molar-refractivity contribution in [3.8, 4) is 0 Å². The molecule has 22 heavy (non-hydrogen) atoms. The van der Waals surface area contributed by atoms with Crippen LogP contribution in [0.5, 0.6) is 0 Å². The number of carbonyl (C=O) groups is 1. The van der Waals surface area contributed by atoms with Crippen LogP contribution in [0.15, 0.2) is 4.52 Å². The van der Waals surface area contributed by atoms with E-state index in [4.69, 9.17) is 4.52 Å². The Morgan fingerprint density at radius 3 is 2.36 bits per heavy atom. The Morgan fingerprint density at radius 2 is 1.86 bits per heavy atom. The Morgan fingerprint density at radius 1 is 1.18 bits per heavy atom. The largest absolute Gasteiger partial charge is 0.360 e. The van der Waals surface area contributed by atoms with Gasteiger partial charge in [0.1, 0.15) is 5.76 Å². The highest BCUT2D eigenvalue weighted by Crippen LogP contribution is 2.32. The van der Waals surface area contributed by atoms with E-state index in [2.05, 4.69) is 31.2 Å². The summed E-state index contributed by atoms with van der Waals surface area (Å²) in [7, 11) is 0. The van der Waals surface area contributed by atoms with Gasteiger partial charge in [0.2, 0.25) is 0 Å². The molecule has 1 rings (SSSR count). The van der Waals surface area contributed by atoms with Crippen LogP contribution in [0, 0.1) is 12.3 Å². The summed E-state index contributed by atoms with van der Waals surface area (Å²) in [5.74, 6) is 0.688. The Labute approximate surface area is 135 Å². The van der Waals surface area contributed by atoms with E-state index in [0.717, 1.165) is 37.1 Å². The molecule has 1 amide bonds. The summed E-state index contributed by atoms with van der Waals surface area (Å²) in [6.45, 7) is 11.3. The number of aryl methyl sites for hydroxylation is 1. The van der Waals surface area contributed by atoms with Gasteiger partial charge in [-0.25, -0.2) is 0 Å². The maximum atomic E-state index is 12.4. The summed E-state index contributed by atoms with van der Waals surface area (Å²) in [6.07, 6.45) is 7.84. The van der Waals surface area contributed by atoms with E-state index in [0.29, 0.717) is 5.69 Å². The minimum absolute atomic E-state index is 0.109. The molecule has 1 aromatic rings. The SMILES string of the molecule is CCCCCC(CC)(CC)CNC(=O)c1noc(CC)c1C. The molecule has 0 aliphatic rings. The third kappa shape index (κ3) is 4.59. The lowest BCUT2D eigenvalue weighted by Crippen LogP contribution is -2.37. The number of aromatic nitrogens is 1. The first kappa shape index (κ1) is 18.7. The van der Waals surface area contributed by atoms with E-state index in [-0.39, 0.29) is 11.3 Å². The van der Waals surface area contributed by atoms with Crippen molar-refractivity contribution >= 4 is 5.91 Å². The van der Waals surface area contributed by atoms with Gasteiger partial charge in [-0.2, -0.15) is 0 Å². The standard InChI is InChI=1S/C18H32N2O2/c1-6-10-11-12-18(8-3,9-4)13-19-17(21)16-14(5)15(7-2)22-20-16/h6-13H2,1-5H3,(H,19,21). The van der Waals surface area contributed by atoms with Crippen molar-refractivity contribution in [2.45, 2.75) is 79.6 Å². The van der Waals surface area contributed by atoms with E-state index >= 15 is 0 Å². The third-order valence-electron chi connectivity index (χ3n) is 4.99. The van der Waals surface area contributed by atoms with E-state index in [9.17, 15) is 4.79 Å². The Balaban J connectivity index is 2.67. The molecule has 4 nitrogen and oxygen atoms in total. The van der Waals surface area contributed by atoms with E-state index < -0.39 is 0 Å². The second-order valence-electron chi connectivity index (χ2n) is 6.28. The first-order valence-corrected chi connectivity index (χ1v) is 8.76. The van der Waals surface area contributed by atoms with Gasteiger partial charge in [0.05, 0.1) is 0 Å². The Hall–Kier alpha value is -1.32. The molecule has 0 spiro atoms. The molecule has 4 heteroatoms. The maximum Gasteiger partial charge on any atom is 0.273 e. The summed E-state index contributed by atoms with van der Waals surface area (Å²) in [5, 5.41) is 7.01. The highest BCUT2D eigenvalue weighted by atomic mass is 16.5. The Bertz CT molecular complexity index is 462. The van der Waals surface area contributed by atoms with Crippen molar-refractivity contribution in [2.75, 3.05) is 6.54 Å². The number of amides is 1. The van der Waals surface area contributed by atoms with Crippen molar-refractivity contribution in [3.63, 3.8) is 0 Å². The fourth-order valence-electron chi connectivity index (χ4n) is 2.95. The van der Waals surface area contributed by atoms with Gasteiger partial charge in [-0.15, -0.1) is 0 Å². The highest BCUT2D eigenvalue weighted by molar-refractivity contribution is 5.93. The minimum atomic E-state index is -0.109. The van der Waals surface area contributed by atoms with E-state index in [1.54, 1.807) is 0 Å². The summed E-state index contributed by atoms with van der Waals surface area (Å²) in [4.78, 5) is 12.4. The zero-order valence-electron chi connectivity index (χ0n) is 14.9. The molecule has 0 saturated heterocycles. The smallest absolute Gasteiger partial charge is 0.273 e. The number of hydrogen-bond donors (Lipinski definition) is 1. The lowest BCUT2D eigenvalue weighted by Gasteiger charge is -2.32. The lowest BCUT2D eigenvalue weighted by molar-refractivity contribution is 0.0910. The molecule has 0 atom stereocenters. The fourth-order valence-corrected chi connectivity index (χ4v) is 2.95. The predicted molar refractivity (Wildman–Crippen MR) is 90.1 cm³/mol. The summed E-state index contributed by atoms with van der Waals surface area (Å²) >= 11 is 0. The van der Waals surface area contributed by atoms with Crippen LogP contribution >= 0.6 is 0 Å². The van der Waals surface area contributed by atoms with Crippen molar-refractivity contribution < 1.29 is 9.32 Å². The fraction of sp³-hybridized carbons (Fsp3) is 0.778. The molecule has 0 radical (unpaired) electrons. The number of rotatable bonds is 10. The first-order chi connectivity index (χ1) is 10.5.